The number of aliphatic imine (C=N–C) groups is 1. The lowest BCUT2D eigenvalue weighted by Crippen LogP contribution is -1.78. The minimum Gasteiger partial charge on any atom is -0.788 e. The number of nitrogens with zero attached hydrogens (tertiary/aromatic N) is 2. The van der Waals surface area contributed by atoms with Gasteiger partial charge in [-0.3, -0.25) is 0 Å². The van der Waals surface area contributed by atoms with E-state index >= 15 is 0 Å². The second-order valence-corrected chi connectivity index (χ2v) is 1.51. The van der Waals surface area contributed by atoms with Crippen LogP contribution in [0.15, 0.2) is 4.99 Å². The monoisotopic (exact) mass is 116 g/mol. The predicted molar refractivity (Wildman–Crippen MR) is 27.8 cm³/mol. The minimum atomic E-state index is -0.0301. The molecule has 0 aromatic rings. The van der Waals surface area contributed by atoms with Gasteiger partial charge in [-0.05, 0) is 0 Å². The van der Waals surface area contributed by atoms with Crippen molar-refractivity contribution in [2.45, 2.75) is 0 Å². The van der Waals surface area contributed by atoms with E-state index in [0.29, 0.717) is 0 Å². The molecule has 0 rings (SSSR count). The van der Waals surface area contributed by atoms with Crippen molar-refractivity contribution in [3.8, 4) is 6.19 Å². The summed E-state index contributed by atoms with van der Waals surface area (Å²) in [5.74, 6) is 0. The first kappa shape index (κ1) is 5.60. The Hall–Kier alpha value is -0.400. The fourth-order valence-corrected chi connectivity index (χ4v) is 0.122. The van der Waals surface area contributed by atoms with Crippen LogP contribution < -0.4 is 0 Å². The lowest BCUT2D eigenvalue weighted by Gasteiger charge is -2.10. The maximum atomic E-state index is 7.67. The van der Waals surface area contributed by atoms with Crippen LogP contribution in [0.1, 0.15) is 0 Å². The number of hydrogen-bond donors (Lipinski definition) is 0. The smallest absolute Gasteiger partial charge is 0.202 e. The summed E-state index contributed by atoms with van der Waals surface area (Å²) in [6.07, 6.45) is 1.45. The Morgan fingerprint density at radius 3 is 2.17 bits per heavy atom. The first-order chi connectivity index (χ1) is 2.77. The summed E-state index contributed by atoms with van der Waals surface area (Å²) in [6.45, 7) is 0. The zero-order valence-corrected chi connectivity index (χ0v) is 4.34. The molecular weight excluding hydrogens is 116 g/mol. The fraction of sp³-hybridized carbons (Fsp3) is 0. The third-order valence-electron chi connectivity index (χ3n) is 0.141. The molecule has 0 spiro atoms. The van der Waals surface area contributed by atoms with Gasteiger partial charge >= 0.3 is 0 Å². The quantitative estimate of drug-likeness (QED) is 0.192. The van der Waals surface area contributed by atoms with Crippen LogP contribution in [0.5, 0.6) is 0 Å². The van der Waals surface area contributed by atoms with Crippen LogP contribution in [0.3, 0.4) is 0 Å². The number of rotatable bonds is 0. The van der Waals surface area contributed by atoms with Crippen LogP contribution in [-0.4, -0.2) is 4.38 Å². The van der Waals surface area contributed by atoms with E-state index in [4.69, 9.17) is 5.26 Å². The molecule has 4 heteroatoms. The molecule has 0 aliphatic carbocycles. The van der Waals surface area contributed by atoms with Gasteiger partial charge in [-0.25, -0.2) is 9.37 Å². The van der Waals surface area contributed by atoms with E-state index in [9.17, 15) is 0 Å². The summed E-state index contributed by atoms with van der Waals surface area (Å²) in [5.41, 5.74) is 0. The predicted octanol–water partition coefficient (Wildman–Crippen LogP) is -0.0827. The minimum absolute atomic E-state index is 0.0301. The van der Waals surface area contributed by atoms with Crippen molar-refractivity contribution in [3.63, 3.8) is 0 Å². The van der Waals surface area contributed by atoms with Crippen molar-refractivity contribution in [1.29, 1.82) is 5.26 Å². The Labute approximate surface area is 46.7 Å². The molecule has 2 nitrogen and oxygen atoms in total. The Kier molecular flexibility index (Phi) is 2.63. The molecule has 0 aromatic carbocycles. The molecule has 0 N–H and O–H groups in total. The third-order valence-corrected chi connectivity index (χ3v) is 0.324. The van der Waals surface area contributed by atoms with Gasteiger partial charge in [0.05, 0.1) is 0 Å². The molecule has 0 unspecified atom stereocenters. The average molecular weight is 116 g/mol. The molecule has 6 heavy (non-hydrogen) atoms. The molecule has 0 heterocycles. The standard InChI is InChI=1S/C2H2N2S2/c3-1-4-2(5)6/h(H2,4,5,6)/p-2. The van der Waals surface area contributed by atoms with Crippen molar-refractivity contribution in [1.82, 2.24) is 0 Å². The van der Waals surface area contributed by atoms with Gasteiger partial charge in [0.2, 0.25) is 6.19 Å². The number of nitriles is 1. The van der Waals surface area contributed by atoms with Gasteiger partial charge in [0.15, 0.2) is 0 Å². The topological polar surface area (TPSA) is 36.1 Å². The van der Waals surface area contributed by atoms with Gasteiger partial charge in [0.1, 0.15) is 0 Å². The van der Waals surface area contributed by atoms with E-state index in [1.54, 1.807) is 0 Å². The van der Waals surface area contributed by atoms with E-state index < -0.39 is 0 Å². The SMILES string of the molecule is N#CN=C([S-])[S-]. The van der Waals surface area contributed by atoms with Crippen molar-refractivity contribution < 1.29 is 0 Å². The molecule has 0 fully saturated rings. The Morgan fingerprint density at radius 2 is 2.17 bits per heavy atom. The Morgan fingerprint density at radius 1 is 1.67 bits per heavy atom. The summed E-state index contributed by atoms with van der Waals surface area (Å²) < 4.78 is -0.0301. The van der Waals surface area contributed by atoms with Gasteiger partial charge in [-0.2, -0.15) is 5.26 Å². The highest BCUT2D eigenvalue weighted by Crippen LogP contribution is 1.63. The van der Waals surface area contributed by atoms with Crippen LogP contribution in [0, 0.1) is 11.5 Å². The highest BCUT2D eigenvalue weighted by Gasteiger charge is 1.43. The molecule has 0 bridgehead atoms. The molecule has 0 aliphatic heterocycles. The van der Waals surface area contributed by atoms with E-state index in [1.165, 1.54) is 6.19 Å². The molecule has 0 saturated carbocycles. The average Bonchev–Trinajstić information content (AvgIpc) is 1.35. The largest absolute Gasteiger partial charge is 0.788 e. The van der Waals surface area contributed by atoms with Crippen molar-refractivity contribution in [2.24, 2.45) is 4.99 Å². The van der Waals surface area contributed by atoms with E-state index in [0.717, 1.165) is 0 Å². The van der Waals surface area contributed by atoms with Crippen molar-refractivity contribution in [3.05, 3.63) is 0 Å². The molecule has 32 valence electrons. The van der Waals surface area contributed by atoms with Crippen LogP contribution in [0.2, 0.25) is 0 Å². The van der Waals surface area contributed by atoms with Gasteiger partial charge in [0.25, 0.3) is 0 Å². The first-order valence-corrected chi connectivity index (χ1v) is 1.90. The highest BCUT2D eigenvalue weighted by atomic mass is 32.2. The maximum absolute atomic E-state index is 7.67. The molecule has 0 aromatic heterocycles. The summed E-state index contributed by atoms with van der Waals surface area (Å²) in [6, 6.07) is 0. The van der Waals surface area contributed by atoms with E-state index in [2.05, 4.69) is 30.2 Å². The summed E-state index contributed by atoms with van der Waals surface area (Å²) in [4.78, 5) is 2.98. The van der Waals surface area contributed by atoms with Crippen LogP contribution in [0.4, 0.5) is 0 Å². The van der Waals surface area contributed by atoms with Crippen molar-refractivity contribution >= 4 is 29.6 Å². The highest BCUT2D eigenvalue weighted by molar-refractivity contribution is 8.05. The summed E-state index contributed by atoms with van der Waals surface area (Å²) in [5, 5.41) is 7.67. The van der Waals surface area contributed by atoms with Crippen LogP contribution in [-0.2, 0) is 25.3 Å². The lowest BCUT2D eigenvalue weighted by atomic mass is 11.3. The lowest BCUT2D eigenvalue weighted by molar-refractivity contribution is 1.45. The molecular formula is C2N2S2-2. The van der Waals surface area contributed by atoms with Crippen LogP contribution in [0.25, 0.3) is 0 Å². The van der Waals surface area contributed by atoms with Gasteiger partial charge in [-0.15, -0.1) is 0 Å². The molecule has 0 atom stereocenters. The molecule has 0 saturated heterocycles. The zero-order valence-electron chi connectivity index (χ0n) is 2.71. The number of hydrogen-bond acceptors (Lipinski definition) is 4. The van der Waals surface area contributed by atoms with E-state index in [1.807, 2.05) is 0 Å². The van der Waals surface area contributed by atoms with Crippen LogP contribution >= 0.6 is 0 Å². The van der Waals surface area contributed by atoms with Gasteiger partial charge in [-0.1, -0.05) is 0 Å². The van der Waals surface area contributed by atoms with Crippen molar-refractivity contribution in [2.75, 3.05) is 0 Å². The van der Waals surface area contributed by atoms with Gasteiger partial charge < -0.3 is 25.3 Å². The normalized spacial score (nSPS) is 5.83. The summed E-state index contributed by atoms with van der Waals surface area (Å²) in [7, 11) is 0. The molecule has 0 radical (unpaired) electrons. The maximum Gasteiger partial charge on any atom is 0.202 e. The third kappa shape index (κ3) is 3.60. The fourth-order valence-electron chi connectivity index (χ4n) is 0.0408. The second kappa shape index (κ2) is 2.82. The summed E-state index contributed by atoms with van der Waals surface area (Å²) >= 11 is 8.44. The van der Waals surface area contributed by atoms with E-state index in [-0.39, 0.29) is 4.38 Å². The zero-order chi connectivity index (χ0) is 4.99. The van der Waals surface area contributed by atoms with Gasteiger partial charge in [0, 0.05) is 0 Å². The second-order valence-electron chi connectivity index (χ2n) is 0.478. The Bertz CT molecular complexity index is 96.6. The molecule has 0 amide bonds. The first-order valence-electron chi connectivity index (χ1n) is 1.08. The molecule has 0 aliphatic rings. The Balaban J connectivity index is 3.51.